The number of sulfonamides is 1. The zero-order valence-electron chi connectivity index (χ0n) is 19.9. The van der Waals surface area contributed by atoms with Crippen molar-refractivity contribution in [1.29, 1.82) is 0 Å². The summed E-state index contributed by atoms with van der Waals surface area (Å²) in [4.78, 5) is 29.2. The maximum atomic E-state index is 12.8. The molecule has 186 valence electrons. The van der Waals surface area contributed by atoms with Gasteiger partial charge in [0.25, 0.3) is 15.7 Å². The van der Waals surface area contributed by atoms with Gasteiger partial charge in [0.1, 0.15) is 11.0 Å². The fraction of sp³-hybridized carbons (Fsp3) is 0.333. The van der Waals surface area contributed by atoms with Crippen LogP contribution in [0, 0.1) is 24.0 Å². The van der Waals surface area contributed by atoms with Crippen molar-refractivity contribution in [3.8, 4) is 0 Å². The van der Waals surface area contributed by atoms with E-state index in [-0.39, 0.29) is 22.2 Å². The maximum absolute atomic E-state index is 12.8. The number of nitrogens with one attached hydrogen (secondary N) is 2. The highest BCUT2D eigenvalue weighted by molar-refractivity contribution is 7.92. The number of hydrogen-bond donors (Lipinski definition) is 2. The van der Waals surface area contributed by atoms with E-state index in [9.17, 15) is 18.5 Å². The summed E-state index contributed by atoms with van der Waals surface area (Å²) in [6.45, 7) is 3.50. The van der Waals surface area contributed by atoms with Crippen LogP contribution in [0.5, 0.6) is 0 Å². The van der Waals surface area contributed by atoms with Gasteiger partial charge in [0.2, 0.25) is 5.95 Å². The van der Waals surface area contributed by atoms with Crippen LogP contribution in [0.3, 0.4) is 0 Å². The Morgan fingerprint density at radius 1 is 0.944 bits per heavy atom. The minimum absolute atomic E-state index is 0.00412. The van der Waals surface area contributed by atoms with Crippen LogP contribution in [0.1, 0.15) is 43.5 Å². The molecule has 0 atom stereocenters. The van der Waals surface area contributed by atoms with E-state index in [0.717, 1.165) is 32.1 Å². The van der Waals surface area contributed by atoms with Crippen molar-refractivity contribution >= 4 is 33.0 Å². The second-order valence-electron chi connectivity index (χ2n) is 9.08. The molecule has 1 aliphatic heterocycles. The lowest BCUT2D eigenvalue weighted by Crippen LogP contribution is -2.26. The first-order valence-electron chi connectivity index (χ1n) is 11.6. The molecule has 0 radical (unpaired) electrons. The lowest BCUT2D eigenvalue weighted by atomic mass is 9.90. The van der Waals surface area contributed by atoms with Gasteiger partial charge in [-0.15, -0.1) is 0 Å². The highest BCUT2D eigenvalue weighted by Crippen LogP contribution is 2.34. The molecular formula is C24H25N7O4S. The third-order valence-corrected chi connectivity index (χ3v) is 7.62. The molecule has 1 saturated carbocycles. The fourth-order valence-corrected chi connectivity index (χ4v) is 5.60. The topological polar surface area (TPSA) is 152 Å². The molecule has 2 aromatic carbocycles. The molecule has 12 heteroatoms. The van der Waals surface area contributed by atoms with Gasteiger partial charge in [-0.05, 0) is 75.9 Å². The number of nitro groups is 1. The van der Waals surface area contributed by atoms with E-state index in [1.165, 1.54) is 18.2 Å². The minimum Gasteiger partial charge on any atom is -0.348 e. The number of fused-ring (bicyclic) bond motifs is 1. The van der Waals surface area contributed by atoms with E-state index in [1.807, 2.05) is 0 Å². The Morgan fingerprint density at radius 2 is 1.61 bits per heavy atom. The lowest BCUT2D eigenvalue weighted by Gasteiger charge is -2.27. The Hall–Kier alpha value is -3.93. The molecule has 3 aromatic rings. The highest BCUT2D eigenvalue weighted by atomic mass is 32.2. The number of hydrogen-bond acceptors (Lipinski definition) is 9. The van der Waals surface area contributed by atoms with E-state index in [1.54, 1.807) is 38.1 Å². The first kappa shape index (κ1) is 23.8. The Bertz CT molecular complexity index is 1560. The summed E-state index contributed by atoms with van der Waals surface area (Å²) in [7, 11) is -3.93. The zero-order valence-corrected chi connectivity index (χ0v) is 20.7. The van der Waals surface area contributed by atoms with Crippen molar-refractivity contribution in [2.75, 3.05) is 10.0 Å². The quantitative estimate of drug-likeness (QED) is 0.383. The number of nitrogens with zero attached hydrogens (tertiary/aromatic N) is 5. The summed E-state index contributed by atoms with van der Waals surface area (Å²) < 4.78 is 28.1. The molecular weight excluding hydrogens is 482 g/mol. The largest absolute Gasteiger partial charge is 0.348 e. The molecule has 1 fully saturated rings. The van der Waals surface area contributed by atoms with Crippen LogP contribution in [0.25, 0.3) is 0 Å². The van der Waals surface area contributed by atoms with Crippen LogP contribution in [-0.2, 0) is 10.0 Å². The van der Waals surface area contributed by atoms with E-state index in [0.29, 0.717) is 27.8 Å². The molecule has 2 heterocycles. The van der Waals surface area contributed by atoms with E-state index < -0.39 is 20.6 Å². The number of anilines is 3. The predicted octanol–water partition coefficient (Wildman–Crippen LogP) is 3.46. The third-order valence-electron chi connectivity index (χ3n) is 6.28. The summed E-state index contributed by atoms with van der Waals surface area (Å²) >= 11 is 0. The van der Waals surface area contributed by atoms with Crippen LogP contribution < -0.4 is 20.8 Å². The van der Waals surface area contributed by atoms with Crippen molar-refractivity contribution in [3.63, 3.8) is 0 Å². The summed E-state index contributed by atoms with van der Waals surface area (Å²) in [5, 5.41) is 16.0. The molecule has 2 aliphatic rings. The van der Waals surface area contributed by atoms with Crippen molar-refractivity contribution in [2.24, 2.45) is 9.98 Å². The summed E-state index contributed by atoms with van der Waals surface area (Å²) in [6.07, 6.45) is 4.80. The Balaban J connectivity index is 1.45. The Morgan fingerprint density at radius 3 is 2.25 bits per heavy atom. The Labute approximate surface area is 207 Å². The molecule has 36 heavy (non-hydrogen) atoms. The minimum atomic E-state index is -3.93. The molecule has 0 bridgehead atoms. The van der Waals surface area contributed by atoms with Gasteiger partial charge >= 0.3 is 0 Å². The molecule has 0 saturated heterocycles. The van der Waals surface area contributed by atoms with E-state index in [2.05, 4.69) is 20.0 Å². The van der Waals surface area contributed by atoms with E-state index >= 15 is 0 Å². The van der Waals surface area contributed by atoms with Gasteiger partial charge in [0, 0.05) is 23.1 Å². The monoisotopic (exact) mass is 507 g/mol. The molecule has 2 N–H and O–H groups in total. The average Bonchev–Trinajstić information content (AvgIpc) is 3.16. The predicted molar refractivity (Wildman–Crippen MR) is 133 cm³/mol. The lowest BCUT2D eigenvalue weighted by molar-refractivity contribution is -0.384. The Kier molecular flexibility index (Phi) is 5.91. The number of aromatic nitrogens is 2. The number of benzene rings is 2. The first-order chi connectivity index (χ1) is 17.1. The first-order valence-corrected chi connectivity index (χ1v) is 13.1. The van der Waals surface area contributed by atoms with Gasteiger partial charge in [-0.2, -0.15) is 0 Å². The molecule has 1 aromatic heterocycles. The average molecular weight is 508 g/mol. The second-order valence-corrected chi connectivity index (χ2v) is 10.8. The zero-order chi connectivity index (χ0) is 25.5. The fourth-order valence-electron chi connectivity index (χ4n) is 4.66. The van der Waals surface area contributed by atoms with Gasteiger partial charge in [-0.3, -0.25) is 20.1 Å². The van der Waals surface area contributed by atoms with Gasteiger partial charge in [-0.1, -0.05) is 6.42 Å². The van der Waals surface area contributed by atoms with Crippen molar-refractivity contribution < 1.29 is 13.3 Å². The molecule has 1 aliphatic carbocycles. The third kappa shape index (κ3) is 4.63. The van der Waals surface area contributed by atoms with Gasteiger partial charge in [0.05, 0.1) is 15.2 Å². The van der Waals surface area contributed by atoms with Gasteiger partial charge in [-0.25, -0.2) is 23.1 Å². The number of nitro benzene ring substituents is 1. The number of aryl methyl sites for hydroxylation is 2. The second kappa shape index (κ2) is 8.94. The smallest absolute Gasteiger partial charge is 0.295 e. The summed E-state index contributed by atoms with van der Waals surface area (Å²) in [5.74, 6) is -0.00724. The summed E-state index contributed by atoms with van der Waals surface area (Å²) in [6, 6.07) is 10.7. The molecule has 5 rings (SSSR count). The van der Waals surface area contributed by atoms with Crippen LogP contribution in [0.15, 0.2) is 57.3 Å². The van der Waals surface area contributed by atoms with E-state index in [4.69, 9.17) is 9.98 Å². The summed E-state index contributed by atoms with van der Waals surface area (Å²) in [5.41, 5.74) is 1.35. The molecule has 0 unspecified atom stereocenters. The number of rotatable bonds is 6. The van der Waals surface area contributed by atoms with Gasteiger partial charge < -0.3 is 5.32 Å². The van der Waals surface area contributed by atoms with Crippen LogP contribution >= 0.6 is 0 Å². The molecule has 0 amide bonds. The van der Waals surface area contributed by atoms with Crippen molar-refractivity contribution in [2.45, 2.75) is 56.5 Å². The van der Waals surface area contributed by atoms with Gasteiger partial charge in [0.15, 0.2) is 5.66 Å². The van der Waals surface area contributed by atoms with Crippen LogP contribution in [0.2, 0.25) is 0 Å². The SMILES string of the molecule is Cc1cc(C)nc(NS(=O)(=O)c2ccc(Nc3c([N+](=O)[O-])ccc4c3=NC3(CCCCC3)N=4)cc2)n1. The van der Waals surface area contributed by atoms with Crippen molar-refractivity contribution in [1.82, 2.24) is 9.97 Å². The van der Waals surface area contributed by atoms with Crippen molar-refractivity contribution in [3.05, 3.63) is 74.7 Å². The normalized spacial score (nSPS) is 16.1. The molecule has 1 spiro atoms. The standard InChI is InChI=1S/C24H25N7O4S/c1-15-14-16(2)26-23(25-15)30-36(34,35)18-8-6-17(7-9-18)27-22-20(31(32)33)11-10-19-21(22)29-24(28-19)12-4-3-5-13-24/h6-11,14,27H,3-5,12-13H2,1-2H3,(H,25,26,30). The molecule has 11 nitrogen and oxygen atoms in total. The maximum Gasteiger partial charge on any atom is 0.295 e. The van der Waals surface area contributed by atoms with Crippen LogP contribution in [-0.4, -0.2) is 29.0 Å². The van der Waals surface area contributed by atoms with Crippen LogP contribution in [0.4, 0.5) is 23.0 Å². The highest BCUT2D eigenvalue weighted by Gasteiger charge is 2.34.